The Morgan fingerprint density at radius 1 is 0.758 bits per heavy atom. The maximum Gasteiger partial charge on any atom is 0.228 e. The molecule has 0 aliphatic carbocycles. The van der Waals surface area contributed by atoms with Crippen LogP contribution in [-0.2, 0) is 20.3 Å². The quantitative estimate of drug-likeness (QED) is 0.254. The zero-order valence-corrected chi connectivity index (χ0v) is 19.7. The predicted molar refractivity (Wildman–Crippen MR) is 133 cm³/mol. The molecule has 0 saturated carbocycles. The molecule has 0 N–H and O–H groups in total. The van der Waals surface area contributed by atoms with Gasteiger partial charge in [0.15, 0.2) is 0 Å². The van der Waals surface area contributed by atoms with Gasteiger partial charge in [-0.25, -0.2) is 4.98 Å². The van der Waals surface area contributed by atoms with E-state index in [0.29, 0.717) is 25.0 Å². The van der Waals surface area contributed by atoms with E-state index in [4.69, 9.17) is 19.4 Å². The normalized spacial score (nSPS) is 11.0. The largest absolute Gasteiger partial charge is 0.473 e. The Hall–Kier alpha value is -3.64. The average molecular weight is 500 g/mol. The average Bonchev–Trinajstić information content (AvgIpc) is 3.18. The van der Waals surface area contributed by atoms with E-state index >= 15 is 0 Å². The van der Waals surface area contributed by atoms with Crippen molar-refractivity contribution in [2.24, 2.45) is 7.05 Å². The second-order valence-corrected chi connectivity index (χ2v) is 8.59. The highest BCUT2D eigenvalue weighted by atomic mass is 79.9. The van der Waals surface area contributed by atoms with Crippen molar-refractivity contribution in [2.75, 3.05) is 0 Å². The molecule has 0 amide bonds. The minimum atomic E-state index is 0.401. The van der Waals surface area contributed by atoms with Crippen molar-refractivity contribution in [1.82, 2.24) is 14.5 Å². The van der Waals surface area contributed by atoms with Crippen LogP contribution in [0.5, 0.6) is 11.8 Å². The first kappa shape index (κ1) is 21.2. The van der Waals surface area contributed by atoms with Crippen molar-refractivity contribution in [2.45, 2.75) is 13.2 Å². The minimum absolute atomic E-state index is 0.401. The van der Waals surface area contributed by atoms with Crippen LogP contribution in [-0.4, -0.2) is 14.5 Å². The first-order chi connectivity index (χ1) is 16.2. The SMILES string of the molecule is Cn1c(-c2ccc(OCc3ccccc3)nc2OCc2ccccc2)nc2ccc(Br)cc21. The van der Waals surface area contributed by atoms with Gasteiger partial charge < -0.3 is 14.0 Å². The van der Waals surface area contributed by atoms with Crippen LogP contribution in [0.25, 0.3) is 22.4 Å². The molecule has 33 heavy (non-hydrogen) atoms. The molecule has 6 heteroatoms. The molecule has 0 unspecified atom stereocenters. The molecule has 0 radical (unpaired) electrons. The number of hydrogen-bond acceptors (Lipinski definition) is 4. The Morgan fingerprint density at radius 3 is 2.12 bits per heavy atom. The fourth-order valence-corrected chi connectivity index (χ4v) is 3.99. The number of hydrogen-bond donors (Lipinski definition) is 0. The zero-order chi connectivity index (χ0) is 22.6. The smallest absolute Gasteiger partial charge is 0.228 e. The lowest BCUT2D eigenvalue weighted by atomic mass is 10.2. The molecular weight excluding hydrogens is 478 g/mol. The molecule has 5 nitrogen and oxygen atoms in total. The molecule has 0 aliphatic heterocycles. The van der Waals surface area contributed by atoms with Crippen LogP contribution in [0.2, 0.25) is 0 Å². The summed E-state index contributed by atoms with van der Waals surface area (Å²) in [6.45, 7) is 0.837. The predicted octanol–water partition coefficient (Wildman–Crippen LogP) is 6.56. The van der Waals surface area contributed by atoms with Crippen molar-refractivity contribution in [3.05, 3.63) is 107 Å². The van der Waals surface area contributed by atoms with E-state index < -0.39 is 0 Å². The molecule has 164 valence electrons. The van der Waals surface area contributed by atoms with Gasteiger partial charge in [0, 0.05) is 17.6 Å². The first-order valence-electron chi connectivity index (χ1n) is 10.6. The van der Waals surface area contributed by atoms with E-state index in [1.165, 1.54) is 0 Å². The number of imidazole rings is 1. The van der Waals surface area contributed by atoms with Gasteiger partial charge in [0.2, 0.25) is 11.8 Å². The summed E-state index contributed by atoms with van der Waals surface area (Å²) in [4.78, 5) is 9.54. The highest BCUT2D eigenvalue weighted by molar-refractivity contribution is 9.10. The Labute approximate surface area is 200 Å². The maximum atomic E-state index is 6.19. The number of fused-ring (bicyclic) bond motifs is 1. The number of aryl methyl sites for hydroxylation is 1. The topological polar surface area (TPSA) is 49.2 Å². The van der Waals surface area contributed by atoms with Crippen molar-refractivity contribution >= 4 is 27.0 Å². The maximum absolute atomic E-state index is 6.19. The number of nitrogens with zero attached hydrogens (tertiary/aromatic N) is 3. The number of aromatic nitrogens is 3. The summed E-state index contributed by atoms with van der Waals surface area (Å²) in [5.74, 6) is 1.78. The van der Waals surface area contributed by atoms with E-state index in [2.05, 4.69) is 26.6 Å². The number of benzene rings is 3. The lowest BCUT2D eigenvalue weighted by molar-refractivity contribution is 0.268. The molecule has 2 aromatic heterocycles. The molecule has 5 rings (SSSR count). The standard InChI is InChI=1S/C27H22BrN3O2/c1-31-24-16-21(28)12-14-23(24)29-26(31)22-13-15-25(32-17-19-8-4-2-5-9-19)30-27(22)33-18-20-10-6-3-7-11-20/h2-16H,17-18H2,1H3. The van der Waals surface area contributed by atoms with Crippen LogP contribution in [0.15, 0.2) is 95.5 Å². The molecule has 0 fully saturated rings. The lowest BCUT2D eigenvalue weighted by Gasteiger charge is -2.13. The molecule has 0 saturated heterocycles. The van der Waals surface area contributed by atoms with Gasteiger partial charge in [0.25, 0.3) is 0 Å². The number of rotatable bonds is 7. The summed E-state index contributed by atoms with van der Waals surface area (Å²) >= 11 is 3.55. The summed E-state index contributed by atoms with van der Waals surface area (Å²) in [5, 5.41) is 0. The van der Waals surface area contributed by atoms with Crippen molar-refractivity contribution < 1.29 is 9.47 Å². The van der Waals surface area contributed by atoms with Gasteiger partial charge in [-0.1, -0.05) is 76.6 Å². The molecule has 0 atom stereocenters. The molecule has 0 spiro atoms. The lowest BCUT2D eigenvalue weighted by Crippen LogP contribution is -2.04. The van der Waals surface area contributed by atoms with Gasteiger partial charge in [-0.15, -0.1) is 0 Å². The van der Waals surface area contributed by atoms with Gasteiger partial charge in [-0.3, -0.25) is 0 Å². The van der Waals surface area contributed by atoms with E-state index in [1.807, 2.05) is 92.0 Å². The molecule has 2 heterocycles. The van der Waals surface area contributed by atoms with Crippen molar-refractivity contribution in [3.8, 4) is 23.1 Å². The molecule has 0 aliphatic rings. The molecule has 3 aromatic carbocycles. The number of halogens is 1. The van der Waals surface area contributed by atoms with Crippen LogP contribution in [0.3, 0.4) is 0 Å². The van der Waals surface area contributed by atoms with E-state index in [9.17, 15) is 0 Å². The minimum Gasteiger partial charge on any atom is -0.473 e. The highest BCUT2D eigenvalue weighted by Crippen LogP contribution is 2.33. The van der Waals surface area contributed by atoms with Crippen LogP contribution in [0, 0.1) is 0 Å². The monoisotopic (exact) mass is 499 g/mol. The second-order valence-electron chi connectivity index (χ2n) is 7.68. The summed E-state index contributed by atoms with van der Waals surface area (Å²) in [7, 11) is 2.00. The van der Waals surface area contributed by atoms with Crippen molar-refractivity contribution in [3.63, 3.8) is 0 Å². The van der Waals surface area contributed by atoms with Crippen molar-refractivity contribution in [1.29, 1.82) is 0 Å². The van der Waals surface area contributed by atoms with Crippen LogP contribution in [0.1, 0.15) is 11.1 Å². The first-order valence-corrected chi connectivity index (χ1v) is 11.4. The zero-order valence-electron chi connectivity index (χ0n) is 18.1. The Morgan fingerprint density at radius 2 is 1.42 bits per heavy atom. The Kier molecular flexibility index (Phi) is 6.09. The fraction of sp³-hybridized carbons (Fsp3) is 0.111. The van der Waals surface area contributed by atoms with E-state index in [1.54, 1.807) is 0 Å². The Bertz CT molecular complexity index is 1390. The number of pyridine rings is 1. The van der Waals surface area contributed by atoms with Crippen LogP contribution < -0.4 is 9.47 Å². The Balaban J connectivity index is 1.50. The van der Waals surface area contributed by atoms with Crippen LogP contribution in [0.4, 0.5) is 0 Å². The van der Waals surface area contributed by atoms with Crippen LogP contribution >= 0.6 is 15.9 Å². The molecule has 0 bridgehead atoms. The summed E-state index contributed by atoms with van der Waals surface area (Å²) < 4.78 is 15.2. The second kappa shape index (κ2) is 9.46. The van der Waals surface area contributed by atoms with Gasteiger partial charge >= 0.3 is 0 Å². The third-order valence-corrected chi connectivity index (χ3v) is 5.86. The van der Waals surface area contributed by atoms with Gasteiger partial charge in [0.1, 0.15) is 19.0 Å². The molecule has 5 aromatic rings. The molecular formula is C27H22BrN3O2. The van der Waals surface area contributed by atoms with Gasteiger partial charge in [0.05, 0.1) is 16.6 Å². The summed E-state index contributed by atoms with van der Waals surface area (Å²) in [6, 6.07) is 29.9. The third-order valence-electron chi connectivity index (χ3n) is 5.37. The van der Waals surface area contributed by atoms with E-state index in [-0.39, 0.29) is 0 Å². The van der Waals surface area contributed by atoms with E-state index in [0.717, 1.165) is 38.0 Å². The fourth-order valence-electron chi connectivity index (χ4n) is 3.65. The summed E-state index contributed by atoms with van der Waals surface area (Å²) in [5.41, 5.74) is 4.89. The number of ether oxygens (including phenoxy) is 2. The van der Waals surface area contributed by atoms with Gasteiger partial charge in [-0.05, 0) is 35.4 Å². The third kappa shape index (κ3) is 4.76. The highest BCUT2D eigenvalue weighted by Gasteiger charge is 2.17. The summed E-state index contributed by atoms with van der Waals surface area (Å²) in [6.07, 6.45) is 0. The van der Waals surface area contributed by atoms with Gasteiger partial charge in [-0.2, -0.15) is 4.98 Å².